The van der Waals surface area contributed by atoms with E-state index in [9.17, 15) is 9.18 Å². The molecule has 0 aliphatic carbocycles. The zero-order chi connectivity index (χ0) is 18.0. The lowest BCUT2D eigenvalue weighted by Crippen LogP contribution is -2.33. The van der Waals surface area contributed by atoms with Gasteiger partial charge >= 0.3 is 5.97 Å². The summed E-state index contributed by atoms with van der Waals surface area (Å²) in [6, 6.07) is 8.70. The second-order valence-electron chi connectivity index (χ2n) is 5.42. The van der Waals surface area contributed by atoms with E-state index in [1.807, 2.05) is 6.07 Å². The molecule has 7 heteroatoms. The van der Waals surface area contributed by atoms with E-state index in [1.165, 1.54) is 25.3 Å². The van der Waals surface area contributed by atoms with Crippen molar-refractivity contribution in [1.82, 2.24) is 10.3 Å². The smallest absolute Gasteiger partial charge is 0.338 e. The van der Waals surface area contributed by atoms with Crippen LogP contribution in [0, 0.1) is 5.82 Å². The van der Waals surface area contributed by atoms with Crippen molar-refractivity contribution >= 4 is 23.4 Å². The fraction of sp³-hybridized carbons (Fsp3) is 0.167. The van der Waals surface area contributed by atoms with Crippen LogP contribution in [-0.4, -0.2) is 23.9 Å². The van der Waals surface area contributed by atoms with Crippen LogP contribution in [0.1, 0.15) is 24.2 Å². The molecule has 1 aliphatic rings. The molecule has 0 fully saturated rings. The number of amidine groups is 1. The van der Waals surface area contributed by atoms with Crippen LogP contribution in [0.25, 0.3) is 0 Å². The monoisotopic (exact) mass is 359 g/mol. The molecule has 0 bridgehead atoms. The summed E-state index contributed by atoms with van der Waals surface area (Å²) in [5, 5.41) is 3.26. The zero-order valence-electron chi connectivity index (χ0n) is 13.6. The molecule has 0 radical (unpaired) electrons. The number of allylic oxidation sites excluding steroid dienone is 1. The molecule has 2 heterocycles. The summed E-state index contributed by atoms with van der Waals surface area (Å²) < 4.78 is 18.3. The number of pyridine rings is 1. The van der Waals surface area contributed by atoms with E-state index >= 15 is 0 Å². The maximum atomic E-state index is 13.4. The Kier molecular flexibility index (Phi) is 4.81. The van der Waals surface area contributed by atoms with E-state index in [1.54, 1.807) is 25.3 Å². The largest absolute Gasteiger partial charge is 0.466 e. The lowest BCUT2D eigenvalue weighted by atomic mass is 9.95. The fourth-order valence-corrected chi connectivity index (χ4v) is 2.90. The van der Waals surface area contributed by atoms with Gasteiger partial charge in [0.1, 0.15) is 17.6 Å². The maximum absolute atomic E-state index is 13.4. The van der Waals surface area contributed by atoms with Crippen LogP contribution in [0.15, 0.2) is 58.9 Å². The number of carbonyl (C=O) groups excluding carboxylic acids is 1. The van der Waals surface area contributed by atoms with Crippen LogP contribution < -0.4 is 5.32 Å². The summed E-state index contributed by atoms with van der Waals surface area (Å²) in [6.07, 6.45) is 1.65. The van der Waals surface area contributed by atoms with Crippen LogP contribution in [-0.2, 0) is 9.53 Å². The van der Waals surface area contributed by atoms with Gasteiger partial charge in [-0.05, 0) is 31.2 Å². The third-order valence-electron chi connectivity index (χ3n) is 3.81. The number of halogens is 2. The van der Waals surface area contributed by atoms with Gasteiger partial charge in [-0.15, -0.1) is 0 Å². The third kappa shape index (κ3) is 3.39. The number of rotatable bonds is 3. The highest BCUT2D eigenvalue weighted by atomic mass is 35.5. The Morgan fingerprint density at radius 1 is 1.32 bits per heavy atom. The molecular weight excluding hydrogens is 345 g/mol. The molecule has 128 valence electrons. The van der Waals surface area contributed by atoms with Crippen molar-refractivity contribution in [2.75, 3.05) is 7.11 Å². The zero-order valence-corrected chi connectivity index (χ0v) is 14.3. The molecule has 25 heavy (non-hydrogen) atoms. The molecule has 0 saturated heterocycles. The Morgan fingerprint density at radius 2 is 2.12 bits per heavy atom. The van der Waals surface area contributed by atoms with Gasteiger partial charge in [0, 0.05) is 22.5 Å². The number of nitrogens with one attached hydrogen (secondary N) is 1. The van der Waals surface area contributed by atoms with Crippen molar-refractivity contribution in [3.63, 3.8) is 0 Å². The molecule has 1 aromatic heterocycles. The van der Waals surface area contributed by atoms with E-state index in [0.717, 1.165) is 0 Å². The SMILES string of the molecule is COC(=O)C1=C(C)NC(c2ccccn2)=NC1c1ccc(F)cc1Cl. The minimum absolute atomic E-state index is 0.185. The van der Waals surface area contributed by atoms with Crippen molar-refractivity contribution in [1.29, 1.82) is 0 Å². The number of aliphatic imine (C=N–C) groups is 1. The minimum atomic E-state index is -0.723. The number of benzene rings is 1. The molecule has 3 rings (SSSR count). The summed E-state index contributed by atoms with van der Waals surface area (Å²) in [4.78, 5) is 21.1. The fourth-order valence-electron chi connectivity index (χ4n) is 2.63. The molecule has 1 unspecified atom stereocenters. The van der Waals surface area contributed by atoms with E-state index in [-0.39, 0.29) is 5.02 Å². The highest BCUT2D eigenvalue weighted by molar-refractivity contribution is 6.31. The van der Waals surface area contributed by atoms with E-state index in [4.69, 9.17) is 16.3 Å². The number of hydrogen-bond acceptors (Lipinski definition) is 5. The number of ether oxygens (including phenoxy) is 1. The standard InChI is InChI=1S/C18H15ClFN3O2/c1-10-15(18(24)25-2)16(12-7-6-11(20)9-13(12)19)23-17(22-10)14-5-3-4-8-21-14/h3-9,16H,1-2H3,(H,22,23). The number of esters is 1. The van der Waals surface area contributed by atoms with Crippen molar-refractivity contribution in [2.45, 2.75) is 13.0 Å². The first-order valence-electron chi connectivity index (χ1n) is 7.51. The van der Waals surface area contributed by atoms with E-state index in [0.29, 0.717) is 28.4 Å². The number of carbonyl (C=O) groups is 1. The van der Waals surface area contributed by atoms with Gasteiger partial charge in [0.15, 0.2) is 5.84 Å². The van der Waals surface area contributed by atoms with Gasteiger partial charge in [-0.1, -0.05) is 23.7 Å². The van der Waals surface area contributed by atoms with Crippen molar-refractivity contribution in [2.24, 2.45) is 4.99 Å². The van der Waals surface area contributed by atoms with Crippen LogP contribution in [0.3, 0.4) is 0 Å². The van der Waals surface area contributed by atoms with E-state index in [2.05, 4.69) is 15.3 Å². The highest BCUT2D eigenvalue weighted by Gasteiger charge is 2.31. The molecular formula is C18H15ClFN3O2. The van der Waals surface area contributed by atoms with Gasteiger partial charge in [0.2, 0.25) is 0 Å². The second-order valence-corrected chi connectivity index (χ2v) is 5.82. The summed E-state index contributed by atoms with van der Waals surface area (Å²) in [5.74, 6) is -0.493. The molecule has 2 aromatic rings. The topological polar surface area (TPSA) is 63.6 Å². The Hall–Kier alpha value is -2.73. The average molecular weight is 360 g/mol. The van der Waals surface area contributed by atoms with Crippen LogP contribution in [0.4, 0.5) is 4.39 Å². The van der Waals surface area contributed by atoms with Gasteiger partial charge < -0.3 is 10.1 Å². The van der Waals surface area contributed by atoms with Crippen molar-refractivity contribution in [3.8, 4) is 0 Å². The third-order valence-corrected chi connectivity index (χ3v) is 4.14. The molecule has 0 amide bonds. The van der Waals surface area contributed by atoms with Gasteiger partial charge in [-0.2, -0.15) is 0 Å². The molecule has 5 nitrogen and oxygen atoms in total. The Labute approximate surface area is 149 Å². The predicted molar refractivity (Wildman–Crippen MR) is 92.8 cm³/mol. The van der Waals surface area contributed by atoms with Crippen molar-refractivity contribution in [3.05, 3.63) is 76.0 Å². The Bertz CT molecular complexity index is 881. The predicted octanol–water partition coefficient (Wildman–Crippen LogP) is 3.41. The summed E-state index contributed by atoms with van der Waals surface area (Å²) >= 11 is 6.20. The number of methoxy groups -OCH3 is 1. The van der Waals surface area contributed by atoms with Crippen LogP contribution >= 0.6 is 11.6 Å². The lowest BCUT2D eigenvalue weighted by Gasteiger charge is -2.26. The van der Waals surface area contributed by atoms with Gasteiger partial charge in [-0.3, -0.25) is 9.98 Å². The normalized spacial score (nSPS) is 17.0. The van der Waals surface area contributed by atoms with Crippen LogP contribution in [0.5, 0.6) is 0 Å². The number of hydrogen-bond donors (Lipinski definition) is 1. The summed E-state index contributed by atoms with van der Waals surface area (Å²) in [7, 11) is 1.30. The number of nitrogens with zero attached hydrogens (tertiary/aromatic N) is 2. The van der Waals surface area contributed by atoms with Gasteiger partial charge in [0.25, 0.3) is 0 Å². The van der Waals surface area contributed by atoms with Gasteiger partial charge in [0.05, 0.1) is 12.7 Å². The van der Waals surface area contributed by atoms with Gasteiger partial charge in [-0.25, -0.2) is 9.18 Å². The lowest BCUT2D eigenvalue weighted by molar-refractivity contribution is -0.136. The molecule has 0 saturated carbocycles. The quantitative estimate of drug-likeness (QED) is 0.853. The highest BCUT2D eigenvalue weighted by Crippen LogP contribution is 2.36. The molecule has 1 N–H and O–H groups in total. The average Bonchev–Trinajstić information content (AvgIpc) is 2.61. The minimum Gasteiger partial charge on any atom is -0.466 e. The Morgan fingerprint density at radius 3 is 2.76 bits per heavy atom. The van der Waals surface area contributed by atoms with Crippen LogP contribution in [0.2, 0.25) is 5.02 Å². The first-order valence-corrected chi connectivity index (χ1v) is 7.89. The second kappa shape index (κ2) is 7.03. The summed E-state index contributed by atoms with van der Waals surface area (Å²) in [5.41, 5.74) is 2.02. The number of aromatic nitrogens is 1. The van der Waals surface area contributed by atoms with Crippen molar-refractivity contribution < 1.29 is 13.9 Å². The first kappa shape index (κ1) is 17.1. The molecule has 1 aliphatic heterocycles. The molecule has 1 aromatic carbocycles. The Balaban J connectivity index is 2.14. The maximum Gasteiger partial charge on any atom is 0.338 e. The van der Waals surface area contributed by atoms with E-state index < -0.39 is 17.8 Å². The molecule has 1 atom stereocenters. The summed E-state index contributed by atoms with van der Waals surface area (Å²) in [6.45, 7) is 1.74. The molecule has 0 spiro atoms. The first-order chi connectivity index (χ1) is 12.0.